The highest BCUT2D eigenvalue weighted by molar-refractivity contribution is 6.55. The lowest BCUT2D eigenvalue weighted by Crippen LogP contribution is -2.23. The van der Waals surface area contributed by atoms with Crippen LogP contribution in [0.3, 0.4) is 0 Å². The molecule has 1 N–H and O–H groups in total. The first-order valence-corrected chi connectivity index (χ1v) is 8.29. The standard InChI is InChI=1S/C19H18Cl2O3/c1-13(10-18(20)21)17(19(22)23)12-14-6-5-9-16(11-14)24-15-7-3-2-4-8-15/h2-11,13,17H,12H2,1H3,(H,22,23). The normalized spacial score (nSPS) is 13.0. The van der Waals surface area contributed by atoms with Gasteiger partial charge in [0.1, 0.15) is 16.0 Å². The third-order valence-corrected chi connectivity index (χ3v) is 3.93. The molecule has 24 heavy (non-hydrogen) atoms. The minimum Gasteiger partial charge on any atom is -0.481 e. The van der Waals surface area contributed by atoms with E-state index in [1.54, 1.807) is 13.0 Å². The van der Waals surface area contributed by atoms with Gasteiger partial charge < -0.3 is 9.84 Å². The zero-order valence-corrected chi connectivity index (χ0v) is 14.7. The van der Waals surface area contributed by atoms with E-state index in [4.69, 9.17) is 27.9 Å². The molecule has 3 nitrogen and oxygen atoms in total. The Hall–Kier alpha value is -1.97. The molecule has 0 fully saturated rings. The summed E-state index contributed by atoms with van der Waals surface area (Å²) < 4.78 is 5.86. The number of rotatable bonds is 7. The molecule has 126 valence electrons. The Morgan fingerprint density at radius 2 is 1.79 bits per heavy atom. The van der Waals surface area contributed by atoms with Crippen molar-refractivity contribution in [2.24, 2.45) is 11.8 Å². The summed E-state index contributed by atoms with van der Waals surface area (Å²) in [4.78, 5) is 11.6. The van der Waals surface area contributed by atoms with E-state index >= 15 is 0 Å². The Bertz CT molecular complexity index is 710. The van der Waals surface area contributed by atoms with Crippen LogP contribution in [0.15, 0.2) is 65.2 Å². The van der Waals surface area contributed by atoms with Gasteiger partial charge in [0, 0.05) is 0 Å². The average molecular weight is 365 g/mol. The van der Waals surface area contributed by atoms with Crippen molar-refractivity contribution in [3.63, 3.8) is 0 Å². The second kappa shape index (κ2) is 8.76. The van der Waals surface area contributed by atoms with Gasteiger partial charge in [0.05, 0.1) is 5.92 Å². The van der Waals surface area contributed by atoms with Crippen LogP contribution >= 0.6 is 23.2 Å². The first kappa shape index (κ1) is 18.4. The molecule has 2 aromatic rings. The lowest BCUT2D eigenvalue weighted by molar-refractivity contribution is -0.142. The van der Waals surface area contributed by atoms with Crippen molar-refractivity contribution in [3.8, 4) is 11.5 Å². The van der Waals surface area contributed by atoms with Crippen LogP contribution in [0.2, 0.25) is 0 Å². The number of carboxylic acid groups (broad SMARTS) is 1. The van der Waals surface area contributed by atoms with Crippen molar-refractivity contribution in [2.45, 2.75) is 13.3 Å². The molecule has 0 aliphatic rings. The smallest absolute Gasteiger partial charge is 0.307 e. The predicted molar refractivity (Wildman–Crippen MR) is 96.7 cm³/mol. The minimum absolute atomic E-state index is 0.0786. The maximum Gasteiger partial charge on any atom is 0.307 e. The average Bonchev–Trinajstić information content (AvgIpc) is 2.53. The number of halogens is 2. The van der Waals surface area contributed by atoms with Gasteiger partial charge in [-0.2, -0.15) is 0 Å². The molecule has 0 bridgehead atoms. The van der Waals surface area contributed by atoms with Crippen LogP contribution in [-0.2, 0) is 11.2 Å². The largest absolute Gasteiger partial charge is 0.481 e. The van der Waals surface area contributed by atoms with Crippen LogP contribution in [0.4, 0.5) is 0 Å². The number of hydrogen-bond donors (Lipinski definition) is 1. The summed E-state index contributed by atoms with van der Waals surface area (Å²) in [5.74, 6) is -0.394. The number of carboxylic acids is 1. The number of carbonyl (C=O) groups is 1. The van der Waals surface area contributed by atoms with Crippen LogP contribution in [0.25, 0.3) is 0 Å². The molecule has 0 radical (unpaired) electrons. The topological polar surface area (TPSA) is 46.5 Å². The van der Waals surface area contributed by atoms with Crippen molar-refractivity contribution in [1.29, 1.82) is 0 Å². The van der Waals surface area contributed by atoms with Gasteiger partial charge in [-0.1, -0.05) is 66.5 Å². The van der Waals surface area contributed by atoms with Crippen LogP contribution in [0.1, 0.15) is 12.5 Å². The van der Waals surface area contributed by atoms with Crippen molar-refractivity contribution in [3.05, 3.63) is 70.7 Å². The van der Waals surface area contributed by atoms with E-state index in [0.29, 0.717) is 12.2 Å². The van der Waals surface area contributed by atoms with Gasteiger partial charge in [0.25, 0.3) is 0 Å². The number of benzene rings is 2. The van der Waals surface area contributed by atoms with Crippen molar-refractivity contribution >= 4 is 29.2 Å². The third kappa shape index (κ3) is 5.59. The van der Waals surface area contributed by atoms with Gasteiger partial charge in [-0.25, -0.2) is 0 Å². The molecule has 2 unspecified atom stereocenters. The summed E-state index contributed by atoms with van der Waals surface area (Å²) >= 11 is 11.3. The summed E-state index contributed by atoms with van der Waals surface area (Å²) in [6.07, 6.45) is 1.91. The maximum atomic E-state index is 11.6. The van der Waals surface area contributed by atoms with Gasteiger partial charge >= 0.3 is 5.97 Å². The SMILES string of the molecule is CC(C=C(Cl)Cl)C(Cc1cccc(Oc2ccccc2)c1)C(=O)O. The van der Waals surface area contributed by atoms with Crippen molar-refractivity contribution in [2.75, 3.05) is 0 Å². The number of ether oxygens (including phenoxy) is 1. The minimum atomic E-state index is -0.886. The van der Waals surface area contributed by atoms with Gasteiger partial charge in [0.2, 0.25) is 0 Å². The Balaban J connectivity index is 2.15. The lowest BCUT2D eigenvalue weighted by atomic mass is 9.88. The second-order valence-corrected chi connectivity index (χ2v) is 6.53. The van der Waals surface area contributed by atoms with E-state index in [-0.39, 0.29) is 10.4 Å². The summed E-state index contributed by atoms with van der Waals surface area (Å²) in [7, 11) is 0. The van der Waals surface area contributed by atoms with Gasteiger partial charge in [0.15, 0.2) is 0 Å². The molecule has 0 aliphatic carbocycles. The van der Waals surface area contributed by atoms with Crippen LogP contribution in [0, 0.1) is 11.8 Å². The molecule has 0 saturated heterocycles. The fourth-order valence-corrected chi connectivity index (χ4v) is 2.82. The number of para-hydroxylation sites is 1. The van der Waals surface area contributed by atoms with Gasteiger partial charge in [-0.3, -0.25) is 4.79 Å². The highest BCUT2D eigenvalue weighted by Crippen LogP contribution is 2.26. The van der Waals surface area contributed by atoms with E-state index in [0.717, 1.165) is 11.3 Å². The molecule has 2 aromatic carbocycles. The number of hydrogen-bond acceptors (Lipinski definition) is 2. The maximum absolute atomic E-state index is 11.6. The van der Waals surface area contributed by atoms with E-state index in [2.05, 4.69) is 0 Å². The highest BCUT2D eigenvalue weighted by Gasteiger charge is 2.24. The quantitative estimate of drug-likeness (QED) is 0.687. The summed E-state index contributed by atoms with van der Waals surface area (Å²) in [6, 6.07) is 16.8. The third-order valence-electron chi connectivity index (χ3n) is 3.67. The molecule has 2 atom stereocenters. The Morgan fingerprint density at radius 1 is 1.12 bits per heavy atom. The highest BCUT2D eigenvalue weighted by atomic mass is 35.5. The van der Waals surface area contributed by atoms with Crippen molar-refractivity contribution in [1.82, 2.24) is 0 Å². The molecule has 2 rings (SSSR count). The molecule has 0 heterocycles. The first-order valence-electron chi connectivity index (χ1n) is 7.53. The molecule has 0 amide bonds. The zero-order chi connectivity index (χ0) is 17.5. The summed E-state index contributed by atoms with van der Waals surface area (Å²) in [5.41, 5.74) is 0.877. The van der Waals surface area contributed by atoms with E-state index in [9.17, 15) is 9.90 Å². The predicted octanol–water partition coefficient (Wildman–Crippen LogP) is 5.68. The molecular weight excluding hydrogens is 347 g/mol. The van der Waals surface area contributed by atoms with E-state index in [1.807, 2.05) is 54.6 Å². The van der Waals surface area contributed by atoms with Crippen LogP contribution in [-0.4, -0.2) is 11.1 Å². The van der Waals surface area contributed by atoms with Crippen molar-refractivity contribution < 1.29 is 14.6 Å². The van der Waals surface area contributed by atoms with Crippen LogP contribution < -0.4 is 4.74 Å². The second-order valence-electron chi connectivity index (χ2n) is 5.53. The molecule has 0 spiro atoms. The van der Waals surface area contributed by atoms with E-state index in [1.165, 1.54) is 0 Å². The molecule has 0 aromatic heterocycles. The lowest BCUT2D eigenvalue weighted by Gasteiger charge is -2.17. The fraction of sp³-hybridized carbons (Fsp3) is 0.211. The first-order chi connectivity index (χ1) is 11.5. The molecule has 5 heteroatoms. The Labute approximate surface area is 151 Å². The van der Waals surface area contributed by atoms with E-state index < -0.39 is 11.9 Å². The van der Waals surface area contributed by atoms with Gasteiger partial charge in [-0.15, -0.1) is 0 Å². The molecule has 0 saturated carbocycles. The summed E-state index contributed by atoms with van der Waals surface area (Å²) in [5, 5.41) is 9.48. The monoisotopic (exact) mass is 364 g/mol. The Kier molecular flexibility index (Phi) is 6.71. The number of aliphatic carboxylic acids is 1. The fourth-order valence-electron chi connectivity index (χ4n) is 2.43. The number of allylic oxidation sites excluding steroid dienone is 1. The Morgan fingerprint density at radius 3 is 2.42 bits per heavy atom. The summed E-state index contributed by atoms with van der Waals surface area (Å²) in [6.45, 7) is 1.79. The van der Waals surface area contributed by atoms with Gasteiger partial charge in [-0.05, 0) is 42.2 Å². The van der Waals surface area contributed by atoms with Crippen LogP contribution in [0.5, 0.6) is 11.5 Å². The zero-order valence-electron chi connectivity index (χ0n) is 13.2. The molecular formula is C19H18Cl2O3. The molecule has 0 aliphatic heterocycles.